The van der Waals surface area contributed by atoms with Crippen LogP contribution in [0.4, 0.5) is 0 Å². The first-order valence-electron chi connectivity index (χ1n) is 16.7. The number of carbonyl (C=O) groups is 2. The van der Waals surface area contributed by atoms with E-state index in [1.807, 2.05) is 19.2 Å². The number of methoxy groups -OCH3 is 1. The number of hydrogen-bond acceptors (Lipinski definition) is 8. The van der Waals surface area contributed by atoms with Gasteiger partial charge in [-0.05, 0) is 98.9 Å². The van der Waals surface area contributed by atoms with Gasteiger partial charge in [-0.15, -0.1) is 0 Å². The fourth-order valence-electron chi connectivity index (χ4n) is 6.90. The molecule has 3 aromatic rings. The number of ether oxygens (including phenoxy) is 2. The van der Waals surface area contributed by atoms with Crippen molar-refractivity contribution >= 4 is 35.1 Å². The second-order valence-electron chi connectivity index (χ2n) is 13.4. The minimum Gasteiger partial charge on any atom is -0.508 e. The standard InChI is InChI=1S/C37H49N5O5/c1-6-41-33-12-11-26(27-16-25(17-28(44)19-27)18-32(38)36(45)42-15-8-7-14-40-42)20-30(33)31(21-37(3,4)22-47-23-43)35(41)29-10-9-13-39-34(29)24(2)46-5/h11-13,16-17,19-20,23-24,32,40,44H,6-10,14-15,18,21-22,38H2,1-5H3/t24-,32-/m0/s1. The van der Waals surface area contributed by atoms with Gasteiger partial charge in [-0.3, -0.25) is 19.6 Å². The summed E-state index contributed by atoms with van der Waals surface area (Å²) in [6.07, 6.45) is 6.44. The predicted octanol–water partition coefficient (Wildman–Crippen LogP) is 5.38. The number of nitrogens with one attached hydrogen (secondary N) is 1. The molecule has 1 fully saturated rings. The number of aliphatic imine (C=N–C) groups is 1. The van der Waals surface area contributed by atoms with Crippen molar-refractivity contribution in [3.8, 4) is 16.9 Å². The topological polar surface area (TPSA) is 131 Å². The van der Waals surface area contributed by atoms with E-state index in [2.05, 4.69) is 49.0 Å². The zero-order valence-electron chi connectivity index (χ0n) is 28.3. The highest BCUT2D eigenvalue weighted by atomic mass is 16.5. The van der Waals surface area contributed by atoms with Crippen LogP contribution in [0.2, 0.25) is 0 Å². The maximum absolute atomic E-state index is 13.0. The Morgan fingerprint density at radius 3 is 2.70 bits per heavy atom. The van der Waals surface area contributed by atoms with Crippen LogP contribution in [0.15, 0.2) is 47.1 Å². The number of benzene rings is 2. The fraction of sp³-hybridized carbons (Fsp3) is 0.486. The Hall–Kier alpha value is -3.99. The average Bonchev–Trinajstić information content (AvgIpc) is 3.38. The van der Waals surface area contributed by atoms with E-state index < -0.39 is 6.04 Å². The number of nitrogens with zero attached hydrogens (tertiary/aromatic N) is 3. The fourth-order valence-corrected chi connectivity index (χ4v) is 6.90. The molecular formula is C37H49N5O5. The number of phenolic OH excluding ortho intramolecular Hbond substituents is 1. The van der Waals surface area contributed by atoms with Gasteiger partial charge in [-0.1, -0.05) is 26.0 Å². The van der Waals surface area contributed by atoms with E-state index >= 15 is 0 Å². The number of allylic oxidation sites excluding steroid dienone is 1. The molecule has 0 bridgehead atoms. The smallest absolute Gasteiger partial charge is 0.293 e. The minimum absolute atomic E-state index is 0.121. The number of fused-ring (bicyclic) bond motifs is 1. The number of amides is 1. The molecule has 252 valence electrons. The Morgan fingerprint density at radius 1 is 1.19 bits per heavy atom. The van der Waals surface area contributed by atoms with E-state index in [0.717, 1.165) is 83.3 Å². The summed E-state index contributed by atoms with van der Waals surface area (Å²) in [5.74, 6) is -0.0188. The van der Waals surface area contributed by atoms with Crippen molar-refractivity contribution in [1.82, 2.24) is 15.0 Å². The molecule has 0 spiro atoms. The third-order valence-electron chi connectivity index (χ3n) is 9.23. The maximum atomic E-state index is 13.0. The Kier molecular flexibility index (Phi) is 10.8. The number of rotatable bonds is 13. The minimum atomic E-state index is -0.726. The van der Waals surface area contributed by atoms with E-state index in [4.69, 9.17) is 20.2 Å². The van der Waals surface area contributed by atoms with Crippen LogP contribution >= 0.6 is 0 Å². The van der Waals surface area contributed by atoms with Gasteiger partial charge in [0.15, 0.2) is 0 Å². The Labute approximate surface area is 277 Å². The van der Waals surface area contributed by atoms with Gasteiger partial charge in [0.05, 0.1) is 30.1 Å². The summed E-state index contributed by atoms with van der Waals surface area (Å²) in [5, 5.41) is 13.5. The second-order valence-corrected chi connectivity index (χ2v) is 13.4. The lowest BCUT2D eigenvalue weighted by molar-refractivity contribution is -0.137. The second kappa shape index (κ2) is 14.8. The molecule has 5 rings (SSSR count). The Bertz CT molecular complexity index is 1670. The number of nitrogens with two attached hydrogens (primary N) is 1. The summed E-state index contributed by atoms with van der Waals surface area (Å²) in [5.41, 5.74) is 17.3. The highest BCUT2D eigenvalue weighted by molar-refractivity contribution is 5.95. The maximum Gasteiger partial charge on any atom is 0.293 e. The number of hydrazine groups is 1. The van der Waals surface area contributed by atoms with Gasteiger partial charge in [0.25, 0.3) is 12.4 Å². The first kappa shape index (κ1) is 34.3. The summed E-state index contributed by atoms with van der Waals surface area (Å²) in [4.78, 5) is 29.0. The lowest BCUT2D eigenvalue weighted by Gasteiger charge is -2.29. The van der Waals surface area contributed by atoms with Gasteiger partial charge in [0.1, 0.15) is 5.75 Å². The van der Waals surface area contributed by atoms with Crippen LogP contribution < -0.4 is 11.2 Å². The predicted molar refractivity (Wildman–Crippen MR) is 186 cm³/mol. The SMILES string of the molecule is CCn1c(C2=C([C@H](C)OC)N=CCC2)c(CC(C)(C)COC=O)c2cc(-c3cc(O)cc(C[C@H](N)C(=O)N4CCCCN4)c3)ccc21. The van der Waals surface area contributed by atoms with Crippen LogP contribution in [-0.2, 0) is 38.4 Å². The molecule has 1 saturated heterocycles. The third-order valence-corrected chi connectivity index (χ3v) is 9.23. The highest BCUT2D eigenvalue weighted by Gasteiger charge is 2.30. The van der Waals surface area contributed by atoms with Crippen molar-refractivity contribution in [2.24, 2.45) is 16.1 Å². The van der Waals surface area contributed by atoms with E-state index in [0.29, 0.717) is 25.9 Å². The van der Waals surface area contributed by atoms with Crippen molar-refractivity contribution < 1.29 is 24.2 Å². The van der Waals surface area contributed by atoms with Gasteiger partial charge in [0, 0.05) is 54.8 Å². The molecule has 1 aromatic heterocycles. The lowest BCUT2D eigenvalue weighted by atomic mass is 9.83. The van der Waals surface area contributed by atoms with Gasteiger partial charge < -0.3 is 24.9 Å². The van der Waals surface area contributed by atoms with Crippen molar-refractivity contribution in [2.45, 2.75) is 84.9 Å². The molecule has 0 aliphatic carbocycles. The highest BCUT2D eigenvalue weighted by Crippen LogP contribution is 2.42. The molecule has 2 aliphatic rings. The molecule has 0 radical (unpaired) electrons. The Balaban J connectivity index is 1.61. The molecule has 2 aliphatic heterocycles. The van der Waals surface area contributed by atoms with Crippen molar-refractivity contribution in [1.29, 1.82) is 0 Å². The van der Waals surface area contributed by atoms with Crippen molar-refractivity contribution in [3.05, 3.63) is 58.9 Å². The molecular weight excluding hydrogens is 594 g/mol. The molecule has 3 heterocycles. The largest absolute Gasteiger partial charge is 0.508 e. The zero-order valence-corrected chi connectivity index (χ0v) is 28.3. The summed E-state index contributed by atoms with van der Waals surface area (Å²) in [6.45, 7) is 11.4. The van der Waals surface area contributed by atoms with E-state index in [1.165, 1.54) is 5.57 Å². The number of aromatic hydroxyl groups is 1. The van der Waals surface area contributed by atoms with E-state index in [1.54, 1.807) is 24.3 Å². The molecule has 10 nitrogen and oxygen atoms in total. The van der Waals surface area contributed by atoms with Gasteiger partial charge in [-0.25, -0.2) is 5.43 Å². The number of carbonyl (C=O) groups excluding carboxylic acids is 2. The normalized spacial score (nSPS) is 16.9. The molecule has 0 saturated carbocycles. The first-order chi connectivity index (χ1) is 22.6. The van der Waals surface area contributed by atoms with Crippen molar-refractivity contribution in [2.75, 3.05) is 26.8 Å². The molecule has 47 heavy (non-hydrogen) atoms. The van der Waals surface area contributed by atoms with Gasteiger partial charge in [0.2, 0.25) is 0 Å². The van der Waals surface area contributed by atoms with E-state index in [-0.39, 0.29) is 29.8 Å². The van der Waals surface area contributed by atoms with E-state index in [9.17, 15) is 14.7 Å². The summed E-state index contributed by atoms with van der Waals surface area (Å²) in [7, 11) is 1.71. The molecule has 0 unspecified atom stereocenters. The number of aromatic nitrogens is 1. The third kappa shape index (κ3) is 7.61. The van der Waals surface area contributed by atoms with Gasteiger partial charge in [-0.2, -0.15) is 0 Å². The Morgan fingerprint density at radius 2 is 2.00 bits per heavy atom. The average molecular weight is 644 g/mol. The van der Waals surface area contributed by atoms with Crippen LogP contribution in [-0.4, -0.2) is 72.2 Å². The molecule has 2 aromatic carbocycles. The number of hydrogen-bond donors (Lipinski definition) is 3. The summed E-state index contributed by atoms with van der Waals surface area (Å²) < 4.78 is 13.4. The molecule has 1 amide bonds. The molecule has 4 N–H and O–H groups in total. The number of aryl methyl sites for hydroxylation is 1. The zero-order chi connectivity index (χ0) is 33.7. The monoisotopic (exact) mass is 643 g/mol. The van der Waals surface area contributed by atoms with Crippen molar-refractivity contribution in [3.63, 3.8) is 0 Å². The number of phenols is 1. The summed E-state index contributed by atoms with van der Waals surface area (Å²) in [6, 6.07) is 11.1. The van der Waals surface area contributed by atoms with Crippen LogP contribution in [0.5, 0.6) is 5.75 Å². The molecule has 10 heteroatoms. The first-order valence-corrected chi connectivity index (χ1v) is 16.7. The quantitative estimate of drug-likeness (QED) is 0.213. The van der Waals surface area contributed by atoms with Crippen LogP contribution in [0.3, 0.4) is 0 Å². The van der Waals surface area contributed by atoms with Crippen LogP contribution in [0, 0.1) is 5.41 Å². The van der Waals surface area contributed by atoms with Crippen LogP contribution in [0.1, 0.15) is 70.2 Å². The summed E-state index contributed by atoms with van der Waals surface area (Å²) >= 11 is 0. The van der Waals surface area contributed by atoms with Gasteiger partial charge >= 0.3 is 0 Å². The molecule has 2 atom stereocenters. The lowest BCUT2D eigenvalue weighted by Crippen LogP contribution is -2.53. The van der Waals surface area contributed by atoms with Crippen LogP contribution in [0.25, 0.3) is 27.6 Å².